The summed E-state index contributed by atoms with van der Waals surface area (Å²) in [6, 6.07) is 11.3. The normalized spacial score (nSPS) is 11.9. The van der Waals surface area contributed by atoms with Gasteiger partial charge in [0.25, 0.3) is 5.56 Å². The van der Waals surface area contributed by atoms with Gasteiger partial charge in [-0.25, -0.2) is 9.36 Å². The van der Waals surface area contributed by atoms with Gasteiger partial charge in [-0.2, -0.15) is 5.10 Å². The van der Waals surface area contributed by atoms with E-state index in [0.29, 0.717) is 17.5 Å². The largest absolute Gasteiger partial charge is 0.460 e. The van der Waals surface area contributed by atoms with Gasteiger partial charge in [-0.3, -0.25) is 9.20 Å². The minimum absolute atomic E-state index is 0.189. The predicted molar refractivity (Wildman–Crippen MR) is 96.3 cm³/mol. The van der Waals surface area contributed by atoms with E-state index in [1.807, 2.05) is 48.6 Å². The van der Waals surface area contributed by atoms with E-state index in [2.05, 4.69) is 15.4 Å². The number of hydrogen-bond acceptors (Lipinski definition) is 5. The minimum Gasteiger partial charge on any atom is -0.460 e. The lowest BCUT2D eigenvalue weighted by Gasteiger charge is -2.10. The van der Waals surface area contributed by atoms with Gasteiger partial charge in [-0.15, -0.1) is 5.10 Å². The summed E-state index contributed by atoms with van der Waals surface area (Å²) in [5.74, 6) is 1.60. The molecule has 4 heterocycles. The number of para-hydroxylation sites is 1. The van der Waals surface area contributed by atoms with E-state index in [-0.39, 0.29) is 12.2 Å². The second-order valence-corrected chi connectivity index (χ2v) is 6.27. The molecule has 0 radical (unpaired) electrons. The third-order valence-corrected chi connectivity index (χ3v) is 4.57. The van der Waals surface area contributed by atoms with Crippen LogP contribution in [0.1, 0.15) is 18.5 Å². The molecule has 0 aliphatic rings. The SMILES string of the molecule is CCc1nn(Cn2nnc3ccccc32)c(=O)c2cc3oc(C)cc3n12. The molecule has 0 amide bonds. The predicted octanol–water partition coefficient (Wildman–Crippen LogP) is 2.36. The van der Waals surface area contributed by atoms with E-state index in [1.165, 1.54) is 4.68 Å². The number of rotatable bonds is 3. The summed E-state index contributed by atoms with van der Waals surface area (Å²) >= 11 is 0. The molecule has 0 spiro atoms. The fourth-order valence-corrected chi connectivity index (χ4v) is 3.39. The first kappa shape index (κ1) is 14.9. The van der Waals surface area contributed by atoms with Crippen molar-refractivity contribution in [2.45, 2.75) is 26.9 Å². The lowest BCUT2D eigenvalue weighted by Crippen LogP contribution is -2.29. The molecule has 0 bridgehead atoms. The van der Waals surface area contributed by atoms with E-state index < -0.39 is 0 Å². The van der Waals surface area contributed by atoms with Crippen LogP contribution in [0.2, 0.25) is 0 Å². The molecule has 0 aliphatic carbocycles. The first-order chi connectivity index (χ1) is 12.7. The van der Waals surface area contributed by atoms with E-state index in [0.717, 1.165) is 28.1 Å². The van der Waals surface area contributed by atoms with Crippen molar-refractivity contribution in [2.75, 3.05) is 0 Å². The van der Waals surface area contributed by atoms with Crippen LogP contribution in [0.5, 0.6) is 0 Å². The fourth-order valence-electron chi connectivity index (χ4n) is 3.39. The van der Waals surface area contributed by atoms with E-state index in [4.69, 9.17) is 4.42 Å². The third-order valence-electron chi connectivity index (χ3n) is 4.57. The number of furan rings is 1. The van der Waals surface area contributed by atoms with E-state index >= 15 is 0 Å². The number of aromatic nitrogens is 6. The van der Waals surface area contributed by atoms with Crippen molar-refractivity contribution in [1.29, 1.82) is 0 Å². The van der Waals surface area contributed by atoms with E-state index in [1.54, 1.807) is 10.7 Å². The Hall–Kier alpha value is -3.42. The Labute approximate surface area is 147 Å². The molecule has 8 nitrogen and oxygen atoms in total. The summed E-state index contributed by atoms with van der Waals surface area (Å²) in [6.07, 6.45) is 0.683. The molecule has 4 aromatic heterocycles. The summed E-state index contributed by atoms with van der Waals surface area (Å²) in [5.41, 5.74) is 3.57. The average molecular weight is 348 g/mol. The van der Waals surface area contributed by atoms with Crippen molar-refractivity contribution in [1.82, 2.24) is 29.2 Å². The summed E-state index contributed by atoms with van der Waals surface area (Å²) < 4.78 is 10.7. The Morgan fingerprint density at radius 3 is 2.77 bits per heavy atom. The summed E-state index contributed by atoms with van der Waals surface area (Å²) in [6.45, 7) is 4.11. The topological polar surface area (TPSA) is 83.1 Å². The summed E-state index contributed by atoms with van der Waals surface area (Å²) in [5, 5.41) is 12.9. The van der Waals surface area contributed by atoms with Crippen molar-refractivity contribution >= 4 is 27.6 Å². The number of aryl methyl sites for hydroxylation is 2. The fraction of sp³-hybridized carbons (Fsp3) is 0.222. The van der Waals surface area contributed by atoms with Crippen LogP contribution >= 0.6 is 0 Å². The molecule has 8 heteroatoms. The number of nitrogens with zero attached hydrogens (tertiary/aromatic N) is 6. The molecule has 0 saturated heterocycles. The van der Waals surface area contributed by atoms with Crippen LogP contribution in [0, 0.1) is 6.92 Å². The maximum absolute atomic E-state index is 13.0. The van der Waals surface area contributed by atoms with Crippen LogP contribution in [0.4, 0.5) is 0 Å². The van der Waals surface area contributed by atoms with Crippen molar-refractivity contribution in [3.05, 3.63) is 58.3 Å². The molecule has 130 valence electrons. The lowest BCUT2D eigenvalue weighted by atomic mass is 10.3. The average Bonchev–Trinajstić information content (AvgIpc) is 3.30. The van der Waals surface area contributed by atoms with Crippen LogP contribution in [-0.2, 0) is 13.1 Å². The van der Waals surface area contributed by atoms with Crippen LogP contribution < -0.4 is 5.56 Å². The molecule has 0 unspecified atom stereocenters. The Bertz CT molecular complexity index is 1340. The zero-order chi connectivity index (χ0) is 17.8. The molecular formula is C18H16N6O2. The number of benzene rings is 1. The first-order valence-corrected chi connectivity index (χ1v) is 8.45. The van der Waals surface area contributed by atoms with Gasteiger partial charge in [0.1, 0.15) is 29.3 Å². The van der Waals surface area contributed by atoms with Crippen molar-refractivity contribution in [2.24, 2.45) is 0 Å². The second kappa shape index (κ2) is 5.29. The second-order valence-electron chi connectivity index (χ2n) is 6.27. The Kier molecular flexibility index (Phi) is 3.03. The first-order valence-electron chi connectivity index (χ1n) is 8.45. The number of fused-ring (bicyclic) bond motifs is 4. The van der Waals surface area contributed by atoms with Crippen molar-refractivity contribution < 1.29 is 4.42 Å². The molecular weight excluding hydrogens is 332 g/mol. The highest BCUT2D eigenvalue weighted by atomic mass is 16.3. The van der Waals surface area contributed by atoms with Gasteiger partial charge in [-0.1, -0.05) is 24.3 Å². The molecule has 26 heavy (non-hydrogen) atoms. The molecule has 0 saturated carbocycles. The Morgan fingerprint density at radius 1 is 1.08 bits per heavy atom. The molecule has 0 fully saturated rings. The van der Waals surface area contributed by atoms with Crippen LogP contribution in [0.3, 0.4) is 0 Å². The monoisotopic (exact) mass is 348 g/mol. The van der Waals surface area contributed by atoms with Crippen LogP contribution in [-0.4, -0.2) is 29.2 Å². The van der Waals surface area contributed by atoms with Gasteiger partial charge in [-0.05, 0) is 19.1 Å². The van der Waals surface area contributed by atoms with Crippen molar-refractivity contribution in [3.63, 3.8) is 0 Å². The Balaban J connectivity index is 1.73. The maximum atomic E-state index is 13.0. The van der Waals surface area contributed by atoms with Gasteiger partial charge in [0.2, 0.25) is 0 Å². The Morgan fingerprint density at radius 2 is 1.92 bits per heavy atom. The lowest BCUT2D eigenvalue weighted by molar-refractivity contribution is 0.470. The molecule has 0 atom stereocenters. The minimum atomic E-state index is -0.189. The van der Waals surface area contributed by atoms with Crippen LogP contribution in [0.15, 0.2) is 45.6 Å². The van der Waals surface area contributed by atoms with Gasteiger partial charge in [0, 0.05) is 18.6 Å². The number of hydrogen-bond donors (Lipinski definition) is 0. The quantitative estimate of drug-likeness (QED) is 0.500. The highest BCUT2D eigenvalue weighted by Crippen LogP contribution is 2.23. The highest BCUT2D eigenvalue weighted by Gasteiger charge is 2.17. The molecule has 5 rings (SSSR count). The molecule has 0 aliphatic heterocycles. The molecule has 1 aromatic carbocycles. The highest BCUT2D eigenvalue weighted by molar-refractivity contribution is 5.83. The van der Waals surface area contributed by atoms with Crippen molar-refractivity contribution in [3.8, 4) is 0 Å². The van der Waals surface area contributed by atoms with Gasteiger partial charge < -0.3 is 4.42 Å². The zero-order valence-electron chi connectivity index (χ0n) is 14.4. The molecule has 5 aromatic rings. The maximum Gasteiger partial charge on any atom is 0.292 e. The summed E-state index contributed by atoms with van der Waals surface area (Å²) in [7, 11) is 0. The van der Waals surface area contributed by atoms with Gasteiger partial charge >= 0.3 is 0 Å². The van der Waals surface area contributed by atoms with E-state index in [9.17, 15) is 4.79 Å². The zero-order valence-corrected chi connectivity index (χ0v) is 14.4. The smallest absolute Gasteiger partial charge is 0.292 e. The van der Waals surface area contributed by atoms with Gasteiger partial charge in [0.15, 0.2) is 5.58 Å². The van der Waals surface area contributed by atoms with Gasteiger partial charge in [0.05, 0.1) is 11.0 Å². The molecule has 0 N–H and O–H groups in total. The van der Waals surface area contributed by atoms with Crippen LogP contribution in [0.25, 0.3) is 27.6 Å². The standard InChI is InChI=1S/C18H16N6O2/c1-3-17-20-23(10-22-13-7-5-4-6-12(13)19-21-22)18(25)15-9-16-14(24(15)17)8-11(2)26-16/h4-9H,3,10H2,1-2H3. The summed E-state index contributed by atoms with van der Waals surface area (Å²) in [4.78, 5) is 13.0. The third kappa shape index (κ3) is 2.01.